The van der Waals surface area contributed by atoms with Crippen molar-refractivity contribution >= 4 is 41.7 Å². The first kappa shape index (κ1) is 46.1. The van der Waals surface area contributed by atoms with E-state index in [9.17, 15) is 22.8 Å². The largest absolute Gasteiger partial charge is 0.412 e. The number of hydrogen-bond acceptors (Lipinski definition) is 6. The maximum absolute atomic E-state index is 14.1. The fraction of sp³-hybridized carbons (Fsp3) is 0.477. The van der Waals surface area contributed by atoms with Crippen LogP contribution in [0.5, 0.6) is 0 Å². The van der Waals surface area contributed by atoms with Crippen molar-refractivity contribution in [1.82, 2.24) is 16.0 Å². The summed E-state index contributed by atoms with van der Waals surface area (Å²) in [5.74, 6) is -1.21. The number of rotatable bonds is 19. The molecule has 0 spiro atoms. The van der Waals surface area contributed by atoms with Gasteiger partial charge in [0.1, 0.15) is 6.04 Å². The van der Waals surface area contributed by atoms with E-state index in [-0.39, 0.29) is 46.8 Å². The van der Waals surface area contributed by atoms with E-state index in [0.717, 1.165) is 5.56 Å². The van der Waals surface area contributed by atoms with Crippen LogP contribution < -0.4 is 20.3 Å². The van der Waals surface area contributed by atoms with Gasteiger partial charge in [-0.3, -0.25) is 18.7 Å². The molecule has 56 heavy (non-hydrogen) atoms. The van der Waals surface area contributed by atoms with Crippen molar-refractivity contribution in [2.45, 2.75) is 117 Å². The zero-order valence-corrected chi connectivity index (χ0v) is 37.0. The van der Waals surface area contributed by atoms with Crippen LogP contribution in [0.3, 0.4) is 0 Å². The minimum atomic E-state index is -3.74. The molecule has 3 atom stereocenters. The summed E-state index contributed by atoms with van der Waals surface area (Å²) in [6, 6.07) is 23.9. The van der Waals surface area contributed by atoms with Gasteiger partial charge in [-0.25, -0.2) is 8.42 Å². The monoisotopic (exact) mass is 804 g/mol. The zero-order valence-electron chi connectivity index (χ0n) is 35.2. The second-order valence-corrected chi connectivity index (χ2v) is 23.6. The number of amides is 3. The van der Waals surface area contributed by atoms with Gasteiger partial charge in [0.2, 0.25) is 21.8 Å². The van der Waals surface area contributed by atoms with Crippen molar-refractivity contribution in [3.8, 4) is 0 Å². The summed E-state index contributed by atoms with van der Waals surface area (Å²) in [7, 11) is -4.71. The molecule has 0 unspecified atom stereocenters. The van der Waals surface area contributed by atoms with Gasteiger partial charge in [0, 0.05) is 31.1 Å². The van der Waals surface area contributed by atoms with Gasteiger partial charge in [0.05, 0.1) is 23.6 Å². The Labute approximate surface area is 337 Å². The van der Waals surface area contributed by atoms with Gasteiger partial charge < -0.3 is 20.4 Å². The molecule has 306 valence electrons. The molecule has 0 aliphatic rings. The first-order valence-corrected chi connectivity index (χ1v) is 24.0. The first-order chi connectivity index (χ1) is 26.1. The molecule has 12 heteroatoms. The van der Waals surface area contributed by atoms with Gasteiger partial charge in [0.15, 0.2) is 8.32 Å². The predicted molar refractivity (Wildman–Crippen MR) is 230 cm³/mol. The van der Waals surface area contributed by atoms with Crippen molar-refractivity contribution in [3.63, 3.8) is 0 Å². The lowest BCUT2D eigenvalue weighted by atomic mass is 9.93. The third kappa shape index (κ3) is 13.4. The number of carbonyl (C=O) groups excluding carboxylic acids is 3. The molecule has 0 aromatic heterocycles. The Balaban J connectivity index is 1.90. The quantitative estimate of drug-likeness (QED) is 0.0832. The van der Waals surface area contributed by atoms with Crippen molar-refractivity contribution < 1.29 is 27.2 Å². The molecule has 0 radical (unpaired) electrons. The van der Waals surface area contributed by atoms with E-state index in [1.54, 1.807) is 61.5 Å². The Morgan fingerprint density at radius 2 is 1.45 bits per heavy atom. The van der Waals surface area contributed by atoms with E-state index >= 15 is 0 Å². The molecular formula is C44H64N4O6SSi. The molecular weight excluding hydrogens is 741 g/mol. The van der Waals surface area contributed by atoms with Gasteiger partial charge >= 0.3 is 0 Å². The predicted octanol–water partition coefficient (Wildman–Crippen LogP) is 7.98. The van der Waals surface area contributed by atoms with Crippen LogP contribution in [0.1, 0.15) is 89.7 Å². The van der Waals surface area contributed by atoms with Crippen LogP contribution in [0.2, 0.25) is 18.1 Å². The van der Waals surface area contributed by atoms with Gasteiger partial charge in [-0.05, 0) is 72.6 Å². The topological polar surface area (TPSA) is 134 Å². The first-order valence-electron chi connectivity index (χ1n) is 19.5. The Morgan fingerprint density at radius 1 is 0.857 bits per heavy atom. The van der Waals surface area contributed by atoms with E-state index < -0.39 is 36.5 Å². The second-order valence-electron chi connectivity index (χ2n) is 16.8. The number of hydrogen-bond donors (Lipinski definition) is 3. The highest BCUT2D eigenvalue weighted by Gasteiger charge is 2.42. The summed E-state index contributed by atoms with van der Waals surface area (Å²) in [5, 5.41) is 9.01. The standard InChI is InChI=1S/C44H64N4O6SSi/c1-12-35(41(49)47-40(32(4)5)43(51)45-29-33-20-15-13-16-21-33)28-39(54-56(10,11)44(6,7)8)38(26-31(2)3)46-42(50)36-24-19-25-37(27-36)48(9)55(52,53)30-34-22-17-14-18-23-34/h12-25,27,31-32,38-40H,26,28-30H2,1-11H3,(H,45,51)(H,46,50)(H,47,49)/b35-12-/t38-,39-,40-/m0/s1. The maximum Gasteiger partial charge on any atom is 0.251 e. The molecule has 3 rings (SSSR count). The molecule has 3 aromatic carbocycles. The summed E-state index contributed by atoms with van der Waals surface area (Å²) in [5.41, 5.74) is 2.74. The molecule has 3 amide bonds. The normalized spacial score (nSPS) is 14.2. The molecule has 3 N–H and O–H groups in total. The zero-order chi connectivity index (χ0) is 41.8. The third-order valence-corrected chi connectivity index (χ3v) is 16.7. The van der Waals surface area contributed by atoms with Gasteiger partial charge in [-0.1, -0.05) is 121 Å². The van der Waals surface area contributed by atoms with Crippen molar-refractivity contribution in [2.75, 3.05) is 11.4 Å². The van der Waals surface area contributed by atoms with Crippen molar-refractivity contribution in [3.05, 3.63) is 113 Å². The Bertz CT molecular complexity index is 1890. The summed E-state index contributed by atoms with van der Waals surface area (Å²) in [6.45, 7) is 20.8. The van der Waals surface area contributed by atoms with Gasteiger partial charge in [0.25, 0.3) is 5.91 Å². The summed E-state index contributed by atoms with van der Waals surface area (Å²) in [6.07, 6.45) is 1.93. The lowest BCUT2D eigenvalue weighted by Crippen LogP contribution is -2.53. The Kier molecular flexibility index (Phi) is 16.7. The molecule has 0 aliphatic heterocycles. The highest BCUT2D eigenvalue weighted by atomic mass is 32.2. The van der Waals surface area contributed by atoms with Crippen LogP contribution >= 0.6 is 0 Å². The molecule has 0 aliphatic carbocycles. The molecule has 0 fully saturated rings. The van der Waals surface area contributed by atoms with Crippen LogP contribution in [0.25, 0.3) is 0 Å². The number of carbonyl (C=O) groups is 3. The number of anilines is 1. The summed E-state index contributed by atoms with van der Waals surface area (Å²) < 4.78 is 35.0. The fourth-order valence-corrected chi connectivity index (χ4v) is 8.59. The fourth-order valence-electron chi connectivity index (χ4n) is 5.99. The van der Waals surface area contributed by atoms with Gasteiger partial charge in [-0.15, -0.1) is 0 Å². The van der Waals surface area contributed by atoms with Gasteiger partial charge in [-0.2, -0.15) is 0 Å². The SMILES string of the molecule is C/C=C(/C[C@H](O[Si](C)(C)C(C)(C)C)[C@H](CC(C)C)NC(=O)c1cccc(N(C)S(=O)(=O)Cc2ccccc2)c1)C(=O)N[C@H](C(=O)NCc1ccccc1)C(C)C. The van der Waals surface area contributed by atoms with Crippen LogP contribution in [0.15, 0.2) is 96.6 Å². The van der Waals surface area contributed by atoms with E-state index in [0.29, 0.717) is 35.4 Å². The van der Waals surface area contributed by atoms with E-state index in [1.165, 1.54) is 11.4 Å². The molecule has 0 saturated carbocycles. The summed E-state index contributed by atoms with van der Waals surface area (Å²) in [4.78, 5) is 41.5. The number of nitrogens with one attached hydrogen (secondary N) is 3. The number of sulfonamides is 1. The van der Waals surface area contributed by atoms with Crippen molar-refractivity contribution in [2.24, 2.45) is 11.8 Å². The third-order valence-electron chi connectivity index (χ3n) is 10.4. The van der Waals surface area contributed by atoms with E-state index in [4.69, 9.17) is 4.43 Å². The lowest BCUT2D eigenvalue weighted by Gasteiger charge is -2.42. The van der Waals surface area contributed by atoms with E-state index in [2.05, 4.69) is 63.7 Å². The highest BCUT2D eigenvalue weighted by Crippen LogP contribution is 2.39. The average molecular weight is 805 g/mol. The number of nitrogens with zero attached hydrogens (tertiary/aromatic N) is 1. The molecule has 0 heterocycles. The van der Waals surface area contributed by atoms with E-state index in [1.807, 2.05) is 50.2 Å². The lowest BCUT2D eigenvalue weighted by molar-refractivity contribution is -0.128. The Hall–Kier alpha value is -4.26. The molecule has 3 aromatic rings. The Morgan fingerprint density at radius 3 is 1.98 bits per heavy atom. The maximum atomic E-state index is 14.1. The molecule has 0 bridgehead atoms. The summed E-state index contributed by atoms with van der Waals surface area (Å²) >= 11 is 0. The molecule has 0 saturated heterocycles. The second kappa shape index (κ2) is 20.2. The van der Waals surface area contributed by atoms with Crippen LogP contribution in [0.4, 0.5) is 5.69 Å². The number of benzene rings is 3. The highest BCUT2D eigenvalue weighted by molar-refractivity contribution is 7.92. The van der Waals surface area contributed by atoms with Crippen LogP contribution in [-0.4, -0.2) is 59.7 Å². The average Bonchev–Trinajstić information content (AvgIpc) is 3.13. The minimum Gasteiger partial charge on any atom is -0.412 e. The smallest absolute Gasteiger partial charge is 0.251 e. The number of allylic oxidation sites excluding steroid dienone is 1. The van der Waals surface area contributed by atoms with Crippen LogP contribution in [0, 0.1) is 11.8 Å². The minimum absolute atomic E-state index is 0.160. The molecule has 10 nitrogen and oxygen atoms in total. The van der Waals surface area contributed by atoms with Crippen molar-refractivity contribution in [1.29, 1.82) is 0 Å². The van der Waals surface area contributed by atoms with Crippen LogP contribution in [-0.2, 0) is 36.3 Å².